The van der Waals surface area contributed by atoms with Crippen molar-refractivity contribution in [2.24, 2.45) is 0 Å². The molecule has 0 spiro atoms. The molecule has 25 heavy (non-hydrogen) atoms. The molecule has 0 fully saturated rings. The van der Waals surface area contributed by atoms with Gasteiger partial charge in [0.25, 0.3) is 0 Å². The molecule has 9 heteroatoms. The van der Waals surface area contributed by atoms with E-state index in [-0.39, 0.29) is 16.9 Å². The number of nitrogens with one attached hydrogen (secondary N) is 1. The minimum absolute atomic E-state index is 0.0674. The van der Waals surface area contributed by atoms with Crippen molar-refractivity contribution in [1.82, 2.24) is 9.97 Å². The van der Waals surface area contributed by atoms with Gasteiger partial charge >= 0.3 is 12.1 Å². The molecule has 2 aromatic rings. The van der Waals surface area contributed by atoms with Crippen molar-refractivity contribution in [3.63, 3.8) is 0 Å². The summed E-state index contributed by atoms with van der Waals surface area (Å²) in [5.41, 5.74) is -2.57. The molecule has 2 rings (SSSR count). The van der Waals surface area contributed by atoms with Crippen molar-refractivity contribution < 1.29 is 27.9 Å². The van der Waals surface area contributed by atoms with E-state index in [4.69, 9.17) is 5.11 Å². The van der Waals surface area contributed by atoms with Gasteiger partial charge in [-0.15, -0.1) is 0 Å². The summed E-state index contributed by atoms with van der Waals surface area (Å²) in [4.78, 5) is 30.6. The third-order valence-electron chi connectivity index (χ3n) is 3.49. The Bertz CT molecular complexity index is 820. The number of carbonyl (C=O) groups is 2. The highest BCUT2D eigenvalue weighted by atomic mass is 19.4. The number of nitrogens with zero attached hydrogens (tertiary/aromatic N) is 2. The van der Waals surface area contributed by atoms with E-state index in [2.05, 4.69) is 15.3 Å². The van der Waals surface area contributed by atoms with Crippen LogP contribution in [-0.4, -0.2) is 27.0 Å². The molecule has 2 heterocycles. The van der Waals surface area contributed by atoms with Gasteiger partial charge in [0.15, 0.2) is 0 Å². The van der Waals surface area contributed by atoms with Gasteiger partial charge in [0.1, 0.15) is 5.69 Å². The van der Waals surface area contributed by atoms with Gasteiger partial charge in [0.05, 0.1) is 28.6 Å². The van der Waals surface area contributed by atoms with Crippen LogP contribution in [0.25, 0.3) is 0 Å². The zero-order valence-corrected chi connectivity index (χ0v) is 13.3. The first kappa shape index (κ1) is 18.4. The van der Waals surface area contributed by atoms with E-state index in [1.807, 2.05) is 0 Å². The fraction of sp³-hybridized carbons (Fsp3) is 0.250. The van der Waals surface area contributed by atoms with E-state index < -0.39 is 29.2 Å². The Kier molecular flexibility index (Phi) is 4.78. The Morgan fingerprint density at radius 2 is 1.76 bits per heavy atom. The van der Waals surface area contributed by atoms with Crippen molar-refractivity contribution in [1.29, 1.82) is 0 Å². The lowest BCUT2D eigenvalue weighted by molar-refractivity contribution is -0.141. The number of carbonyl (C=O) groups excluding carboxylic acids is 1. The van der Waals surface area contributed by atoms with Crippen molar-refractivity contribution >= 4 is 17.6 Å². The van der Waals surface area contributed by atoms with Crippen LogP contribution in [0.3, 0.4) is 0 Å². The Labute approximate surface area is 140 Å². The van der Waals surface area contributed by atoms with Gasteiger partial charge in [-0.2, -0.15) is 13.2 Å². The molecule has 0 aliphatic rings. The lowest BCUT2D eigenvalue weighted by atomic mass is 9.87. The Hall–Kier alpha value is -2.97. The van der Waals surface area contributed by atoms with Crippen LogP contribution in [0.2, 0.25) is 0 Å². The summed E-state index contributed by atoms with van der Waals surface area (Å²) in [6.45, 7) is 2.83. The Morgan fingerprint density at radius 1 is 1.12 bits per heavy atom. The number of carboxylic acid groups (broad SMARTS) is 1. The van der Waals surface area contributed by atoms with Gasteiger partial charge < -0.3 is 10.4 Å². The van der Waals surface area contributed by atoms with Gasteiger partial charge in [-0.3, -0.25) is 9.78 Å². The fourth-order valence-corrected chi connectivity index (χ4v) is 1.97. The third kappa shape index (κ3) is 4.11. The molecule has 0 aliphatic heterocycles. The highest BCUT2D eigenvalue weighted by Gasteiger charge is 2.36. The van der Waals surface area contributed by atoms with E-state index in [0.717, 1.165) is 12.3 Å². The van der Waals surface area contributed by atoms with E-state index in [1.165, 1.54) is 38.2 Å². The average Bonchev–Trinajstić information content (AvgIpc) is 2.54. The summed E-state index contributed by atoms with van der Waals surface area (Å²) < 4.78 is 38.4. The van der Waals surface area contributed by atoms with Crippen molar-refractivity contribution in [2.75, 3.05) is 5.32 Å². The molecule has 6 nitrogen and oxygen atoms in total. The summed E-state index contributed by atoms with van der Waals surface area (Å²) in [6.07, 6.45) is -2.28. The molecule has 0 bridgehead atoms. The highest BCUT2D eigenvalue weighted by Crippen LogP contribution is 2.30. The van der Waals surface area contributed by atoms with Gasteiger partial charge in [0.2, 0.25) is 5.91 Å². The van der Waals surface area contributed by atoms with Crippen LogP contribution in [0.5, 0.6) is 0 Å². The van der Waals surface area contributed by atoms with Gasteiger partial charge in [-0.25, -0.2) is 9.78 Å². The van der Waals surface area contributed by atoms with Crippen LogP contribution in [0.1, 0.15) is 35.6 Å². The Morgan fingerprint density at radius 3 is 2.36 bits per heavy atom. The molecule has 0 saturated carbocycles. The number of hydrogen-bond acceptors (Lipinski definition) is 4. The van der Waals surface area contributed by atoms with E-state index in [1.54, 1.807) is 0 Å². The first-order valence-corrected chi connectivity index (χ1v) is 7.06. The summed E-state index contributed by atoms with van der Waals surface area (Å²) in [5, 5.41) is 11.4. The number of alkyl halides is 3. The first-order valence-electron chi connectivity index (χ1n) is 7.06. The third-order valence-corrected chi connectivity index (χ3v) is 3.49. The lowest BCUT2D eigenvalue weighted by Crippen LogP contribution is -2.36. The molecule has 0 atom stereocenters. The van der Waals surface area contributed by atoms with Crippen LogP contribution >= 0.6 is 0 Å². The minimum Gasteiger partial charge on any atom is -0.478 e. The standard InChI is InChI=1S/C16H14F3N3O3/c1-15(2,11-4-3-5-12(22-11)16(17,18)19)14(25)21-10-6-9(13(23)24)7-20-8-10/h3-8H,1-2H3,(H,21,25)(H,23,24). The Balaban J connectivity index is 2.29. The predicted molar refractivity (Wildman–Crippen MR) is 82.1 cm³/mol. The van der Waals surface area contributed by atoms with E-state index in [0.29, 0.717) is 0 Å². The molecule has 0 unspecified atom stereocenters. The van der Waals surface area contributed by atoms with Crippen LogP contribution in [0.4, 0.5) is 18.9 Å². The van der Waals surface area contributed by atoms with Gasteiger partial charge in [-0.05, 0) is 32.0 Å². The summed E-state index contributed by atoms with van der Waals surface area (Å²) >= 11 is 0. The number of carboxylic acids is 1. The summed E-state index contributed by atoms with van der Waals surface area (Å²) in [5.74, 6) is -1.87. The van der Waals surface area contributed by atoms with Gasteiger partial charge in [-0.1, -0.05) is 6.07 Å². The van der Waals surface area contributed by atoms with Crippen LogP contribution in [-0.2, 0) is 16.4 Å². The molecule has 1 amide bonds. The maximum absolute atomic E-state index is 12.8. The quantitative estimate of drug-likeness (QED) is 0.881. The highest BCUT2D eigenvalue weighted by molar-refractivity contribution is 5.99. The number of halogens is 3. The number of aromatic nitrogens is 2. The molecule has 2 aromatic heterocycles. The number of hydrogen-bond donors (Lipinski definition) is 2. The van der Waals surface area contributed by atoms with Gasteiger partial charge in [0, 0.05) is 6.20 Å². The topological polar surface area (TPSA) is 92.2 Å². The average molecular weight is 353 g/mol. The second kappa shape index (κ2) is 6.50. The maximum Gasteiger partial charge on any atom is 0.433 e. The van der Waals surface area contributed by atoms with Crippen molar-refractivity contribution in [2.45, 2.75) is 25.4 Å². The number of rotatable bonds is 4. The SMILES string of the molecule is CC(C)(C(=O)Nc1cncc(C(=O)O)c1)c1cccc(C(F)(F)F)n1. The monoisotopic (exact) mass is 353 g/mol. The first-order chi connectivity index (χ1) is 11.5. The number of amides is 1. The molecule has 0 aromatic carbocycles. The molecule has 132 valence electrons. The predicted octanol–water partition coefficient (Wildman–Crippen LogP) is 3.11. The number of anilines is 1. The van der Waals surface area contributed by atoms with Crippen molar-refractivity contribution in [3.05, 3.63) is 53.6 Å². The summed E-state index contributed by atoms with van der Waals surface area (Å²) in [7, 11) is 0. The van der Waals surface area contributed by atoms with Crippen LogP contribution in [0, 0.1) is 0 Å². The smallest absolute Gasteiger partial charge is 0.433 e. The molecule has 0 radical (unpaired) electrons. The maximum atomic E-state index is 12.8. The minimum atomic E-state index is -4.62. The summed E-state index contributed by atoms with van der Waals surface area (Å²) in [6, 6.07) is 4.51. The largest absolute Gasteiger partial charge is 0.478 e. The molecule has 2 N–H and O–H groups in total. The van der Waals surface area contributed by atoms with Crippen LogP contribution < -0.4 is 5.32 Å². The second-order valence-electron chi connectivity index (χ2n) is 5.75. The zero-order chi connectivity index (χ0) is 18.8. The van der Waals surface area contributed by atoms with Crippen LogP contribution in [0.15, 0.2) is 36.7 Å². The molecular weight excluding hydrogens is 339 g/mol. The van der Waals surface area contributed by atoms with Crippen molar-refractivity contribution in [3.8, 4) is 0 Å². The van der Waals surface area contributed by atoms with E-state index >= 15 is 0 Å². The normalized spacial score (nSPS) is 11.9. The molecule has 0 aliphatic carbocycles. The fourth-order valence-electron chi connectivity index (χ4n) is 1.97. The van der Waals surface area contributed by atoms with E-state index in [9.17, 15) is 22.8 Å². The number of pyridine rings is 2. The number of aromatic carboxylic acids is 1. The molecule has 0 saturated heterocycles. The lowest BCUT2D eigenvalue weighted by Gasteiger charge is -2.24. The molecular formula is C16H14F3N3O3. The second-order valence-corrected chi connectivity index (χ2v) is 5.75. The zero-order valence-electron chi connectivity index (χ0n) is 13.3.